The fourth-order valence-electron chi connectivity index (χ4n) is 2.89. The molecule has 1 aromatic heterocycles. The quantitative estimate of drug-likeness (QED) is 0.526. The second-order valence-corrected chi connectivity index (χ2v) is 5.79. The average molecular weight is 386 g/mol. The molecule has 12 nitrogen and oxygen atoms in total. The van der Waals surface area contributed by atoms with Crippen LogP contribution < -0.4 is 5.56 Å². The van der Waals surface area contributed by atoms with E-state index >= 15 is 0 Å². The van der Waals surface area contributed by atoms with Gasteiger partial charge in [0, 0.05) is 47.8 Å². The number of rotatable bonds is 4. The van der Waals surface area contributed by atoms with Crippen LogP contribution in [-0.4, -0.2) is 24.4 Å². The van der Waals surface area contributed by atoms with Crippen LogP contribution in [-0.2, 0) is 7.05 Å². The fraction of sp³-hybridized carbons (Fsp3) is 0.0625. The first-order valence-electron chi connectivity index (χ1n) is 7.56. The molecule has 0 fully saturated rings. The van der Waals surface area contributed by atoms with Gasteiger partial charge < -0.3 is 9.67 Å². The van der Waals surface area contributed by atoms with E-state index < -0.39 is 43.1 Å². The van der Waals surface area contributed by atoms with Crippen LogP contribution in [0.25, 0.3) is 22.0 Å². The molecule has 0 aliphatic heterocycles. The molecule has 28 heavy (non-hydrogen) atoms. The normalized spacial score (nSPS) is 10.8. The number of nitro benzene ring substituents is 3. The lowest BCUT2D eigenvalue weighted by atomic mass is 9.98. The predicted molar refractivity (Wildman–Crippen MR) is 96.3 cm³/mol. The van der Waals surface area contributed by atoms with Crippen molar-refractivity contribution in [3.05, 3.63) is 77.1 Å². The largest absolute Gasteiger partial charge is 0.507 e. The number of fused-ring (bicyclic) bond motifs is 1. The Morgan fingerprint density at radius 1 is 0.857 bits per heavy atom. The van der Waals surface area contributed by atoms with Crippen molar-refractivity contribution >= 4 is 28.0 Å². The third-order valence-corrected chi connectivity index (χ3v) is 4.19. The minimum Gasteiger partial charge on any atom is -0.507 e. The van der Waals surface area contributed by atoms with Crippen LogP contribution >= 0.6 is 0 Å². The first-order chi connectivity index (χ1) is 13.1. The molecule has 1 heterocycles. The van der Waals surface area contributed by atoms with Crippen LogP contribution in [0.3, 0.4) is 0 Å². The van der Waals surface area contributed by atoms with E-state index in [1.54, 1.807) is 0 Å². The molecule has 0 saturated heterocycles. The van der Waals surface area contributed by atoms with Gasteiger partial charge in [0.1, 0.15) is 11.3 Å². The molecule has 0 aliphatic carbocycles. The maximum Gasteiger partial charge on any atom is 0.300 e. The number of hydrogen-bond donors (Lipinski definition) is 1. The van der Waals surface area contributed by atoms with Crippen LogP contribution in [0, 0.1) is 30.3 Å². The van der Waals surface area contributed by atoms with Gasteiger partial charge in [-0.2, -0.15) is 0 Å². The predicted octanol–water partition coefficient (Wildman–Crippen LogP) is 2.64. The molecule has 0 aliphatic rings. The van der Waals surface area contributed by atoms with Gasteiger partial charge >= 0.3 is 0 Å². The summed E-state index contributed by atoms with van der Waals surface area (Å²) in [6.07, 6.45) is 0. The summed E-state index contributed by atoms with van der Waals surface area (Å²) in [6.45, 7) is 0. The number of aromatic hydroxyl groups is 1. The number of hydrogen-bond acceptors (Lipinski definition) is 8. The van der Waals surface area contributed by atoms with E-state index in [1.807, 2.05) is 0 Å². The smallest absolute Gasteiger partial charge is 0.300 e. The lowest BCUT2D eigenvalue weighted by Gasteiger charge is -2.12. The Morgan fingerprint density at radius 2 is 1.50 bits per heavy atom. The molecule has 0 bridgehead atoms. The lowest BCUT2D eigenvalue weighted by Crippen LogP contribution is -2.17. The van der Waals surface area contributed by atoms with E-state index in [-0.39, 0.29) is 22.0 Å². The van der Waals surface area contributed by atoms with Crippen LogP contribution in [0.5, 0.6) is 5.75 Å². The molecule has 3 aromatic rings. The van der Waals surface area contributed by atoms with Crippen LogP contribution in [0.1, 0.15) is 0 Å². The third-order valence-electron chi connectivity index (χ3n) is 4.19. The number of phenols is 1. The first kappa shape index (κ1) is 18.4. The molecular formula is C16H10N4O8. The number of non-ortho nitro benzene ring substituents is 3. The maximum atomic E-state index is 12.3. The second kappa shape index (κ2) is 6.42. The summed E-state index contributed by atoms with van der Waals surface area (Å²) >= 11 is 0. The van der Waals surface area contributed by atoms with Crippen LogP contribution in [0.4, 0.5) is 17.1 Å². The van der Waals surface area contributed by atoms with E-state index in [4.69, 9.17) is 0 Å². The molecule has 142 valence electrons. The Balaban J connectivity index is 2.55. The molecular weight excluding hydrogens is 376 g/mol. The topological polar surface area (TPSA) is 172 Å². The van der Waals surface area contributed by atoms with Crippen molar-refractivity contribution < 1.29 is 19.9 Å². The van der Waals surface area contributed by atoms with Crippen molar-refractivity contribution in [1.29, 1.82) is 0 Å². The van der Waals surface area contributed by atoms with Gasteiger partial charge in [0.2, 0.25) is 0 Å². The summed E-state index contributed by atoms with van der Waals surface area (Å²) in [4.78, 5) is 43.6. The SMILES string of the molecule is Cn1c(=O)cc(-c2cc([N+](=O)[O-])ccc2O)c2cc([N+](=O)[O-])cc([N+](=O)[O-])c21. The third kappa shape index (κ3) is 2.88. The zero-order valence-electron chi connectivity index (χ0n) is 14.1. The van der Waals surface area contributed by atoms with Gasteiger partial charge in [-0.25, -0.2) is 0 Å². The van der Waals surface area contributed by atoms with E-state index in [0.717, 1.165) is 41.0 Å². The van der Waals surface area contributed by atoms with Gasteiger partial charge in [-0.1, -0.05) is 0 Å². The maximum absolute atomic E-state index is 12.3. The van der Waals surface area contributed by atoms with Gasteiger partial charge in [0.15, 0.2) is 0 Å². The van der Waals surface area contributed by atoms with Crippen molar-refractivity contribution in [1.82, 2.24) is 4.57 Å². The van der Waals surface area contributed by atoms with Crippen molar-refractivity contribution in [3.63, 3.8) is 0 Å². The monoisotopic (exact) mass is 386 g/mol. The van der Waals surface area contributed by atoms with Crippen LogP contribution in [0.15, 0.2) is 41.2 Å². The number of phenolic OH excluding ortho intramolecular Hbond substituents is 1. The minimum absolute atomic E-state index is 0.0844. The molecule has 12 heteroatoms. The van der Waals surface area contributed by atoms with Crippen molar-refractivity contribution in [2.45, 2.75) is 0 Å². The number of pyridine rings is 1. The van der Waals surface area contributed by atoms with Gasteiger partial charge in [-0.15, -0.1) is 0 Å². The molecule has 0 spiro atoms. The summed E-state index contributed by atoms with van der Waals surface area (Å²) in [6, 6.07) is 5.77. The molecule has 0 unspecified atom stereocenters. The number of aromatic nitrogens is 1. The molecule has 3 rings (SSSR count). The highest BCUT2D eigenvalue weighted by atomic mass is 16.6. The Hall–Kier alpha value is -4.35. The van der Waals surface area contributed by atoms with Crippen molar-refractivity contribution in [2.75, 3.05) is 0 Å². The Labute approximate surface area is 154 Å². The Bertz CT molecular complexity index is 1250. The van der Waals surface area contributed by atoms with Gasteiger partial charge in [-0.05, 0) is 6.07 Å². The van der Waals surface area contributed by atoms with Gasteiger partial charge in [-0.3, -0.25) is 35.1 Å². The summed E-state index contributed by atoms with van der Waals surface area (Å²) in [5.74, 6) is -0.436. The number of aryl methyl sites for hydroxylation is 1. The standard InChI is InChI=1S/C16H10N4O8/c1-17-15(22)7-10(11-4-8(18(23)24)2-3-14(11)21)12-5-9(19(25)26)6-13(16(12)17)20(27)28/h2-7,21H,1H3. The van der Waals surface area contributed by atoms with E-state index in [9.17, 15) is 40.2 Å². The molecule has 0 saturated carbocycles. The molecule has 0 radical (unpaired) electrons. The summed E-state index contributed by atoms with van der Waals surface area (Å²) < 4.78 is 0.940. The highest BCUT2D eigenvalue weighted by Gasteiger charge is 2.25. The zero-order chi connectivity index (χ0) is 20.7. The summed E-state index contributed by atoms with van der Waals surface area (Å²) in [5.41, 5.74) is -2.88. The van der Waals surface area contributed by atoms with E-state index in [1.165, 1.54) is 7.05 Å². The van der Waals surface area contributed by atoms with Gasteiger partial charge in [0.25, 0.3) is 22.6 Å². The molecule has 0 amide bonds. The Morgan fingerprint density at radius 3 is 2.07 bits per heavy atom. The molecule has 1 N–H and O–H groups in total. The first-order valence-corrected chi connectivity index (χ1v) is 7.56. The highest BCUT2D eigenvalue weighted by molar-refractivity contribution is 6.01. The summed E-state index contributed by atoms with van der Waals surface area (Å²) in [5, 5.41) is 43.8. The Kier molecular flexibility index (Phi) is 4.23. The minimum atomic E-state index is -0.869. The highest BCUT2D eigenvalue weighted by Crippen LogP contribution is 2.39. The zero-order valence-corrected chi connectivity index (χ0v) is 14.1. The second-order valence-electron chi connectivity index (χ2n) is 5.79. The van der Waals surface area contributed by atoms with Crippen LogP contribution in [0.2, 0.25) is 0 Å². The van der Waals surface area contributed by atoms with Crippen molar-refractivity contribution in [2.24, 2.45) is 7.05 Å². The van der Waals surface area contributed by atoms with Crippen molar-refractivity contribution in [3.8, 4) is 16.9 Å². The molecule has 2 aromatic carbocycles. The van der Waals surface area contributed by atoms with Gasteiger partial charge in [0.05, 0.1) is 20.8 Å². The lowest BCUT2D eigenvalue weighted by molar-refractivity contribution is -0.393. The number of nitrogens with zero attached hydrogens (tertiary/aromatic N) is 4. The number of nitro groups is 3. The fourth-order valence-corrected chi connectivity index (χ4v) is 2.89. The van der Waals surface area contributed by atoms with E-state index in [0.29, 0.717) is 0 Å². The number of benzene rings is 2. The molecule has 0 atom stereocenters. The average Bonchev–Trinajstić information content (AvgIpc) is 2.63. The summed E-state index contributed by atoms with van der Waals surface area (Å²) in [7, 11) is 1.25. The van der Waals surface area contributed by atoms with E-state index in [2.05, 4.69) is 0 Å².